The molecule has 202 valence electrons. The number of hydrogen-bond acceptors (Lipinski definition) is 3. The second-order valence-corrected chi connectivity index (χ2v) is 10.2. The molecule has 1 amide bonds. The van der Waals surface area contributed by atoms with Crippen LogP contribution in [0, 0.1) is 11.7 Å². The summed E-state index contributed by atoms with van der Waals surface area (Å²) in [7, 11) is 0. The van der Waals surface area contributed by atoms with E-state index < -0.39 is 6.04 Å². The summed E-state index contributed by atoms with van der Waals surface area (Å²) in [6, 6.07) is 32.3. The van der Waals surface area contributed by atoms with Crippen molar-refractivity contribution in [1.82, 2.24) is 9.88 Å². The third-order valence-electron chi connectivity index (χ3n) is 6.85. The molecule has 0 radical (unpaired) electrons. The standard InChI is InChI=1S/C34H32FN3O2/c1-23(2)21-30(33(39)36-22-24-11-5-3-6-12-24)38-29-16-10-9-15-28(29)31(34(38)40)32(25-13-7-4-8-14-25)37-27-19-17-26(35)18-20-27/h3-20,23,30,40H,21-22H2,1-2H3,(H,36,39). The van der Waals surface area contributed by atoms with Gasteiger partial charge in [-0.3, -0.25) is 9.36 Å². The number of rotatable bonds is 9. The Labute approximate surface area is 233 Å². The normalized spacial score (nSPS) is 12.6. The van der Waals surface area contributed by atoms with Crippen LogP contribution in [0.1, 0.15) is 43.0 Å². The van der Waals surface area contributed by atoms with Crippen LogP contribution >= 0.6 is 0 Å². The molecule has 0 aliphatic heterocycles. The number of amides is 1. The highest BCUT2D eigenvalue weighted by Crippen LogP contribution is 2.38. The molecule has 6 heteroatoms. The van der Waals surface area contributed by atoms with Crippen molar-refractivity contribution in [3.8, 4) is 5.88 Å². The minimum atomic E-state index is -0.648. The number of nitrogens with one attached hydrogen (secondary N) is 1. The number of benzene rings is 4. The summed E-state index contributed by atoms with van der Waals surface area (Å²) in [6.45, 7) is 4.52. The summed E-state index contributed by atoms with van der Waals surface area (Å²) in [4.78, 5) is 18.6. The highest BCUT2D eigenvalue weighted by molar-refractivity contribution is 6.22. The molecule has 1 unspecified atom stereocenters. The highest BCUT2D eigenvalue weighted by Gasteiger charge is 2.30. The molecule has 0 saturated carbocycles. The van der Waals surface area contributed by atoms with Gasteiger partial charge in [0.1, 0.15) is 11.9 Å². The Hall–Kier alpha value is -4.71. The smallest absolute Gasteiger partial charge is 0.243 e. The first kappa shape index (κ1) is 26.9. The van der Waals surface area contributed by atoms with Gasteiger partial charge in [-0.05, 0) is 48.2 Å². The molecule has 1 aromatic heterocycles. The lowest BCUT2D eigenvalue weighted by molar-refractivity contribution is -0.125. The van der Waals surface area contributed by atoms with Crippen molar-refractivity contribution in [3.05, 3.63) is 132 Å². The lowest BCUT2D eigenvalue weighted by Gasteiger charge is -2.22. The van der Waals surface area contributed by atoms with Crippen molar-refractivity contribution in [3.63, 3.8) is 0 Å². The Morgan fingerprint density at radius 3 is 2.17 bits per heavy atom. The van der Waals surface area contributed by atoms with Gasteiger partial charge in [-0.1, -0.05) is 92.7 Å². The molecule has 0 fully saturated rings. The van der Waals surface area contributed by atoms with Gasteiger partial charge in [-0.2, -0.15) is 0 Å². The van der Waals surface area contributed by atoms with E-state index in [1.54, 1.807) is 16.7 Å². The number of aromatic hydroxyl groups is 1. The molecule has 2 N–H and O–H groups in total. The maximum absolute atomic E-state index is 13.7. The summed E-state index contributed by atoms with van der Waals surface area (Å²) in [5, 5.41) is 15.8. The Balaban J connectivity index is 1.66. The molecule has 0 aliphatic rings. The number of para-hydroxylation sites is 1. The van der Waals surface area contributed by atoms with Crippen LogP contribution in [0.15, 0.2) is 114 Å². The number of aromatic nitrogens is 1. The van der Waals surface area contributed by atoms with Crippen LogP contribution in [0.5, 0.6) is 5.88 Å². The fourth-order valence-electron chi connectivity index (χ4n) is 4.98. The molecular weight excluding hydrogens is 501 g/mol. The van der Waals surface area contributed by atoms with E-state index in [2.05, 4.69) is 19.2 Å². The average Bonchev–Trinajstić information content (AvgIpc) is 3.26. The van der Waals surface area contributed by atoms with Crippen LogP contribution in [0.25, 0.3) is 10.9 Å². The molecule has 1 heterocycles. The first-order valence-electron chi connectivity index (χ1n) is 13.5. The van der Waals surface area contributed by atoms with Gasteiger partial charge in [-0.15, -0.1) is 0 Å². The number of halogens is 1. The Bertz CT molecular complexity index is 1630. The van der Waals surface area contributed by atoms with E-state index in [9.17, 15) is 14.3 Å². The van der Waals surface area contributed by atoms with Crippen LogP contribution < -0.4 is 5.32 Å². The summed E-state index contributed by atoms with van der Waals surface area (Å²) in [5.74, 6) is -0.362. The molecule has 4 aromatic carbocycles. The summed E-state index contributed by atoms with van der Waals surface area (Å²) in [6.07, 6.45) is 0.530. The first-order chi connectivity index (χ1) is 19.4. The van der Waals surface area contributed by atoms with Crippen LogP contribution in [0.3, 0.4) is 0 Å². The van der Waals surface area contributed by atoms with Crippen LogP contribution in [0.4, 0.5) is 10.1 Å². The predicted molar refractivity (Wildman–Crippen MR) is 159 cm³/mol. The molecule has 5 aromatic rings. The zero-order valence-electron chi connectivity index (χ0n) is 22.6. The van der Waals surface area contributed by atoms with E-state index in [0.29, 0.717) is 29.9 Å². The monoisotopic (exact) mass is 533 g/mol. The number of carbonyl (C=O) groups is 1. The average molecular weight is 534 g/mol. The van der Waals surface area contributed by atoms with Gasteiger partial charge in [0.15, 0.2) is 0 Å². The van der Waals surface area contributed by atoms with Gasteiger partial charge in [0.25, 0.3) is 0 Å². The quantitative estimate of drug-likeness (QED) is 0.192. The fraction of sp³-hybridized carbons (Fsp3) is 0.176. The van der Waals surface area contributed by atoms with Gasteiger partial charge in [0.05, 0.1) is 22.5 Å². The van der Waals surface area contributed by atoms with Crippen molar-refractivity contribution in [1.29, 1.82) is 0 Å². The maximum Gasteiger partial charge on any atom is 0.243 e. The topological polar surface area (TPSA) is 66.6 Å². The maximum atomic E-state index is 13.7. The Morgan fingerprint density at radius 1 is 0.875 bits per heavy atom. The number of hydrogen-bond donors (Lipinski definition) is 2. The van der Waals surface area contributed by atoms with Crippen molar-refractivity contribution in [2.75, 3.05) is 0 Å². The van der Waals surface area contributed by atoms with E-state index in [-0.39, 0.29) is 23.5 Å². The zero-order chi connectivity index (χ0) is 28.1. The van der Waals surface area contributed by atoms with Crippen LogP contribution in [-0.4, -0.2) is 21.3 Å². The van der Waals surface area contributed by atoms with E-state index in [4.69, 9.17) is 4.99 Å². The number of fused-ring (bicyclic) bond motifs is 1. The van der Waals surface area contributed by atoms with Crippen molar-refractivity contribution in [2.45, 2.75) is 32.9 Å². The zero-order valence-corrected chi connectivity index (χ0v) is 22.6. The van der Waals surface area contributed by atoms with Crippen molar-refractivity contribution < 1.29 is 14.3 Å². The van der Waals surface area contributed by atoms with Crippen LogP contribution in [0.2, 0.25) is 0 Å². The third kappa shape index (κ3) is 5.81. The van der Waals surface area contributed by atoms with Gasteiger partial charge >= 0.3 is 0 Å². The molecule has 0 aliphatic carbocycles. The van der Waals surface area contributed by atoms with Gasteiger partial charge in [0.2, 0.25) is 11.8 Å². The van der Waals surface area contributed by atoms with Gasteiger partial charge < -0.3 is 10.4 Å². The SMILES string of the molecule is CC(C)CC(C(=O)NCc1ccccc1)n1c(O)c(C(=Nc2ccc(F)cc2)c2ccccc2)c2ccccc21. The predicted octanol–water partition coefficient (Wildman–Crippen LogP) is 7.56. The van der Waals surface area contributed by atoms with E-state index >= 15 is 0 Å². The summed E-state index contributed by atoms with van der Waals surface area (Å²) < 4.78 is 15.4. The second-order valence-electron chi connectivity index (χ2n) is 10.2. The molecular formula is C34H32FN3O2. The lowest BCUT2D eigenvalue weighted by atomic mass is 10.0. The summed E-state index contributed by atoms with van der Waals surface area (Å²) >= 11 is 0. The van der Waals surface area contributed by atoms with E-state index in [1.165, 1.54) is 12.1 Å². The fourth-order valence-corrected chi connectivity index (χ4v) is 4.98. The molecule has 0 saturated heterocycles. The number of aliphatic imine (C=N–C) groups is 1. The molecule has 0 spiro atoms. The summed E-state index contributed by atoms with van der Waals surface area (Å²) in [5.41, 5.74) is 4.13. The number of nitrogens with zero attached hydrogens (tertiary/aromatic N) is 2. The third-order valence-corrected chi connectivity index (χ3v) is 6.85. The first-order valence-corrected chi connectivity index (χ1v) is 13.5. The molecule has 0 bridgehead atoms. The molecule has 5 nitrogen and oxygen atoms in total. The molecule has 40 heavy (non-hydrogen) atoms. The van der Waals surface area contributed by atoms with Crippen molar-refractivity contribution >= 4 is 28.2 Å². The van der Waals surface area contributed by atoms with Crippen molar-refractivity contribution in [2.24, 2.45) is 10.9 Å². The minimum absolute atomic E-state index is 0.0357. The molecule has 1 atom stereocenters. The van der Waals surface area contributed by atoms with E-state index in [0.717, 1.165) is 22.0 Å². The Morgan fingerprint density at radius 2 is 1.50 bits per heavy atom. The Kier molecular flexibility index (Phi) is 8.06. The largest absolute Gasteiger partial charge is 0.494 e. The number of carbonyl (C=O) groups excluding carboxylic acids is 1. The molecule has 5 rings (SSSR count). The highest BCUT2D eigenvalue weighted by atomic mass is 19.1. The van der Waals surface area contributed by atoms with Gasteiger partial charge in [0, 0.05) is 17.5 Å². The van der Waals surface area contributed by atoms with Crippen LogP contribution in [-0.2, 0) is 11.3 Å². The van der Waals surface area contributed by atoms with Gasteiger partial charge in [-0.25, -0.2) is 9.38 Å². The lowest BCUT2D eigenvalue weighted by Crippen LogP contribution is -2.33. The van der Waals surface area contributed by atoms with E-state index in [1.807, 2.05) is 84.9 Å². The minimum Gasteiger partial charge on any atom is -0.494 e. The second kappa shape index (κ2) is 12.0.